The first-order valence-corrected chi connectivity index (χ1v) is 11.6. The van der Waals surface area contributed by atoms with E-state index in [0.717, 1.165) is 49.2 Å². The van der Waals surface area contributed by atoms with E-state index in [2.05, 4.69) is 43.4 Å². The van der Waals surface area contributed by atoms with Crippen molar-refractivity contribution in [2.24, 2.45) is 5.92 Å². The van der Waals surface area contributed by atoms with Crippen molar-refractivity contribution in [1.29, 1.82) is 0 Å². The summed E-state index contributed by atoms with van der Waals surface area (Å²) in [5.41, 5.74) is 3.84. The highest BCUT2D eigenvalue weighted by Gasteiger charge is 2.30. The summed E-state index contributed by atoms with van der Waals surface area (Å²) >= 11 is 0. The summed E-state index contributed by atoms with van der Waals surface area (Å²) < 4.78 is 0. The van der Waals surface area contributed by atoms with Crippen molar-refractivity contribution in [3.05, 3.63) is 71.8 Å². The molecule has 1 saturated heterocycles. The van der Waals surface area contributed by atoms with Crippen LogP contribution < -0.4 is 0 Å². The fourth-order valence-electron chi connectivity index (χ4n) is 4.23. The van der Waals surface area contributed by atoms with E-state index in [9.17, 15) is 9.59 Å². The number of pyridine rings is 2. The highest BCUT2D eigenvalue weighted by molar-refractivity contribution is 5.95. The molecule has 1 fully saturated rings. The van der Waals surface area contributed by atoms with Gasteiger partial charge in [-0.25, -0.2) is 0 Å². The molecule has 180 valence electrons. The Bertz CT molecular complexity index is 911. The Hall–Kier alpha value is -2.82. The van der Waals surface area contributed by atoms with Crippen molar-refractivity contribution in [3.63, 3.8) is 0 Å². The number of Topliss-reactive ketones (excluding diaryl/α,β-unsaturated/α-hetero) is 1. The van der Waals surface area contributed by atoms with Crippen LogP contribution in [0.15, 0.2) is 49.3 Å². The Balaban J connectivity index is 0.000000361. The van der Waals surface area contributed by atoms with Crippen LogP contribution in [0.25, 0.3) is 0 Å². The summed E-state index contributed by atoms with van der Waals surface area (Å²) in [6.07, 6.45) is 9.09. The molecule has 0 aromatic carbocycles. The molecule has 1 aliphatic rings. The van der Waals surface area contributed by atoms with Crippen LogP contribution in [-0.4, -0.2) is 39.1 Å². The fourth-order valence-corrected chi connectivity index (χ4v) is 4.23. The molecular formula is C28H41N3O2. The maximum absolute atomic E-state index is 11.6. The lowest BCUT2D eigenvalue weighted by Gasteiger charge is -2.21. The fraction of sp³-hybridized carbons (Fsp3) is 0.500. The molecule has 3 atom stereocenters. The molecule has 3 heterocycles. The number of amides is 1. The van der Waals surface area contributed by atoms with Crippen molar-refractivity contribution < 1.29 is 9.59 Å². The van der Waals surface area contributed by atoms with Gasteiger partial charge in [0.05, 0.1) is 5.69 Å². The lowest BCUT2D eigenvalue weighted by atomic mass is 9.95. The highest BCUT2D eigenvalue weighted by Crippen LogP contribution is 2.25. The molecule has 2 aromatic heterocycles. The molecule has 1 aliphatic heterocycles. The number of likely N-dealkylation sites (tertiary alicyclic amines) is 1. The Labute approximate surface area is 200 Å². The van der Waals surface area contributed by atoms with Gasteiger partial charge in [0.15, 0.2) is 5.78 Å². The number of nitrogens with zero attached hydrogens (tertiary/aromatic N) is 3. The first-order valence-electron chi connectivity index (χ1n) is 11.6. The summed E-state index contributed by atoms with van der Waals surface area (Å²) in [5, 5.41) is 0. The maximum atomic E-state index is 11.6. The molecule has 1 amide bonds. The predicted molar refractivity (Wildman–Crippen MR) is 136 cm³/mol. The minimum atomic E-state index is 0. The molecule has 3 rings (SSSR count). The van der Waals surface area contributed by atoms with Crippen molar-refractivity contribution >= 4 is 11.7 Å². The number of carbonyl (C=O) groups is 2. The zero-order valence-corrected chi connectivity index (χ0v) is 20.2. The van der Waals surface area contributed by atoms with E-state index in [1.807, 2.05) is 36.2 Å². The Kier molecular flexibility index (Phi) is 11.7. The van der Waals surface area contributed by atoms with Crippen LogP contribution in [0.2, 0.25) is 0 Å². The van der Waals surface area contributed by atoms with Gasteiger partial charge < -0.3 is 4.90 Å². The van der Waals surface area contributed by atoms with Crippen molar-refractivity contribution in [2.75, 3.05) is 6.54 Å². The summed E-state index contributed by atoms with van der Waals surface area (Å²) in [7, 11) is 0. The van der Waals surface area contributed by atoms with E-state index >= 15 is 0 Å². The molecule has 5 nitrogen and oxygen atoms in total. The number of hydrogen-bond donors (Lipinski definition) is 0. The summed E-state index contributed by atoms with van der Waals surface area (Å²) in [4.78, 5) is 33.6. The van der Waals surface area contributed by atoms with Crippen LogP contribution in [0.5, 0.6) is 0 Å². The van der Waals surface area contributed by atoms with E-state index < -0.39 is 0 Å². The van der Waals surface area contributed by atoms with Gasteiger partial charge in [-0.1, -0.05) is 40.8 Å². The Morgan fingerprint density at radius 2 is 2.03 bits per heavy atom. The van der Waals surface area contributed by atoms with Crippen LogP contribution >= 0.6 is 0 Å². The molecule has 0 N–H and O–H groups in total. The van der Waals surface area contributed by atoms with Gasteiger partial charge in [0.2, 0.25) is 5.91 Å². The van der Waals surface area contributed by atoms with Gasteiger partial charge in [-0.3, -0.25) is 19.6 Å². The second kappa shape index (κ2) is 13.7. The monoisotopic (exact) mass is 451 g/mol. The van der Waals surface area contributed by atoms with Gasteiger partial charge in [-0.05, 0) is 81.2 Å². The second-order valence-electron chi connectivity index (χ2n) is 8.83. The van der Waals surface area contributed by atoms with Gasteiger partial charge >= 0.3 is 0 Å². The molecule has 0 saturated carbocycles. The number of carbonyl (C=O) groups excluding carboxylic acids is 2. The average Bonchev–Trinajstić information content (AvgIpc) is 3.18. The molecule has 0 spiro atoms. The smallest absolute Gasteiger partial charge is 0.246 e. The summed E-state index contributed by atoms with van der Waals surface area (Å²) in [6, 6.07) is 8.27. The molecule has 33 heavy (non-hydrogen) atoms. The number of hydrogen-bond acceptors (Lipinski definition) is 4. The Morgan fingerprint density at radius 3 is 2.61 bits per heavy atom. The number of aryl methyl sites for hydroxylation is 2. The first-order chi connectivity index (χ1) is 15.3. The van der Waals surface area contributed by atoms with E-state index in [1.165, 1.54) is 11.6 Å². The number of rotatable bonds is 7. The van der Waals surface area contributed by atoms with Gasteiger partial charge in [-0.15, -0.1) is 0 Å². The predicted octanol–water partition coefficient (Wildman–Crippen LogP) is 6.18. The van der Waals surface area contributed by atoms with Crippen LogP contribution in [0, 0.1) is 12.8 Å². The van der Waals surface area contributed by atoms with Crippen LogP contribution in [0.4, 0.5) is 0 Å². The quantitative estimate of drug-likeness (QED) is 0.372. The van der Waals surface area contributed by atoms with Crippen LogP contribution in [0.3, 0.4) is 0 Å². The van der Waals surface area contributed by atoms with Crippen LogP contribution in [-0.2, 0) is 11.2 Å². The highest BCUT2D eigenvalue weighted by atomic mass is 16.2. The van der Waals surface area contributed by atoms with Crippen LogP contribution in [0.1, 0.15) is 87.6 Å². The third-order valence-electron chi connectivity index (χ3n) is 6.11. The lowest BCUT2D eigenvalue weighted by molar-refractivity contribution is -0.126. The molecule has 0 aliphatic carbocycles. The van der Waals surface area contributed by atoms with Crippen molar-refractivity contribution in [2.45, 2.75) is 79.7 Å². The summed E-state index contributed by atoms with van der Waals surface area (Å²) in [5.74, 6) is 1.23. The Morgan fingerprint density at radius 1 is 1.30 bits per heavy atom. The number of aromatic nitrogens is 2. The topological polar surface area (TPSA) is 63.2 Å². The largest absolute Gasteiger partial charge is 0.336 e. The third kappa shape index (κ3) is 8.23. The number of ketones is 1. The molecule has 3 unspecified atom stereocenters. The third-order valence-corrected chi connectivity index (χ3v) is 6.11. The molecule has 0 radical (unpaired) electrons. The zero-order chi connectivity index (χ0) is 23.7. The van der Waals surface area contributed by atoms with Gasteiger partial charge in [0.1, 0.15) is 0 Å². The SMILES string of the molecule is C.C=CC(=O)N1CC(C)CC1CC.CC(=O)c1ccc(C)nc1CCC(C)c1cccnc1. The maximum Gasteiger partial charge on any atom is 0.246 e. The minimum Gasteiger partial charge on any atom is -0.336 e. The minimum absolute atomic E-state index is 0. The lowest BCUT2D eigenvalue weighted by Crippen LogP contribution is -2.33. The van der Waals surface area contributed by atoms with Gasteiger partial charge in [0, 0.05) is 36.2 Å². The standard InChI is InChI=1S/C17H20N2O.C10H17NO.CH4/c1-12(15-5-4-10-18-11-15)6-9-17-16(14(3)20)8-7-13(2)19-17;1-4-9-6-8(3)7-11(9)10(12)5-2;/h4-5,7-8,10-12H,6,9H2,1-3H3;5,8-9H,2,4,6-7H2,1,3H3;1H4. The van der Waals surface area contributed by atoms with Gasteiger partial charge in [0.25, 0.3) is 0 Å². The zero-order valence-electron chi connectivity index (χ0n) is 20.2. The second-order valence-corrected chi connectivity index (χ2v) is 8.83. The van der Waals surface area contributed by atoms with Crippen molar-refractivity contribution in [1.82, 2.24) is 14.9 Å². The molecular weight excluding hydrogens is 410 g/mol. The average molecular weight is 452 g/mol. The first kappa shape index (κ1) is 28.2. The van der Waals surface area contributed by atoms with Crippen molar-refractivity contribution in [3.8, 4) is 0 Å². The van der Waals surface area contributed by atoms with E-state index in [0.29, 0.717) is 17.9 Å². The van der Waals surface area contributed by atoms with Gasteiger partial charge in [-0.2, -0.15) is 0 Å². The molecule has 5 heteroatoms. The molecule has 0 bridgehead atoms. The van der Waals surface area contributed by atoms with E-state index in [4.69, 9.17) is 0 Å². The summed E-state index contributed by atoms with van der Waals surface area (Å²) in [6.45, 7) is 14.5. The molecule has 2 aromatic rings. The van der Waals surface area contributed by atoms with E-state index in [1.54, 1.807) is 13.1 Å². The normalized spacial score (nSPS) is 17.9. The van der Waals surface area contributed by atoms with E-state index in [-0.39, 0.29) is 19.1 Å².